The van der Waals surface area contributed by atoms with Crippen LogP contribution in [0.15, 0.2) is 29.4 Å². The molecular formula is C12H11N3O2. The first kappa shape index (κ1) is 9.89. The number of hydrogen-bond donors (Lipinski definition) is 3. The van der Waals surface area contributed by atoms with Crippen LogP contribution in [-0.2, 0) is 11.3 Å². The Morgan fingerprint density at radius 2 is 2.24 bits per heavy atom. The van der Waals surface area contributed by atoms with Crippen molar-refractivity contribution in [3.63, 3.8) is 0 Å². The van der Waals surface area contributed by atoms with Gasteiger partial charge in [0.15, 0.2) is 0 Å². The number of aromatic nitrogens is 1. The lowest BCUT2D eigenvalue weighted by molar-refractivity contribution is -0.135. The smallest absolute Gasteiger partial charge is 0.309 e. The third-order valence-electron chi connectivity index (χ3n) is 2.86. The Morgan fingerprint density at radius 3 is 3.06 bits per heavy atom. The maximum absolute atomic E-state index is 10.8. The Morgan fingerprint density at radius 1 is 1.41 bits per heavy atom. The van der Waals surface area contributed by atoms with E-state index < -0.39 is 5.97 Å². The molecular weight excluding hydrogens is 218 g/mol. The van der Waals surface area contributed by atoms with Crippen molar-refractivity contribution in [1.82, 2.24) is 10.4 Å². The number of nitrogens with one attached hydrogen (secondary N) is 2. The van der Waals surface area contributed by atoms with Crippen LogP contribution >= 0.6 is 0 Å². The summed E-state index contributed by atoms with van der Waals surface area (Å²) in [5, 5.41) is 14.0. The number of hydrogen-bond acceptors (Lipinski definition) is 3. The molecule has 86 valence electrons. The van der Waals surface area contributed by atoms with Crippen LogP contribution in [0.25, 0.3) is 10.9 Å². The molecule has 5 nitrogen and oxygen atoms in total. The molecule has 0 amide bonds. The summed E-state index contributed by atoms with van der Waals surface area (Å²) in [6.07, 6.45) is -0.0676. The number of H-pyrrole nitrogens is 1. The van der Waals surface area contributed by atoms with Crippen LogP contribution in [0.5, 0.6) is 0 Å². The first-order valence-electron chi connectivity index (χ1n) is 5.37. The van der Waals surface area contributed by atoms with Gasteiger partial charge >= 0.3 is 5.97 Å². The van der Waals surface area contributed by atoms with Crippen molar-refractivity contribution in [2.75, 3.05) is 0 Å². The van der Waals surface area contributed by atoms with Gasteiger partial charge in [-0.2, -0.15) is 5.10 Å². The summed E-state index contributed by atoms with van der Waals surface area (Å²) in [7, 11) is 0. The quantitative estimate of drug-likeness (QED) is 0.729. The van der Waals surface area contributed by atoms with E-state index in [1.807, 2.05) is 24.3 Å². The topological polar surface area (TPSA) is 77.5 Å². The molecule has 0 saturated carbocycles. The summed E-state index contributed by atoms with van der Waals surface area (Å²) in [5.74, 6) is -0.872. The zero-order valence-electron chi connectivity index (χ0n) is 9.03. The summed E-state index contributed by atoms with van der Waals surface area (Å²) in [5.41, 5.74) is 6.37. The second kappa shape index (κ2) is 3.62. The number of carboxylic acids is 1. The highest BCUT2D eigenvalue weighted by atomic mass is 16.4. The van der Waals surface area contributed by atoms with Gasteiger partial charge in [-0.05, 0) is 6.07 Å². The van der Waals surface area contributed by atoms with Crippen LogP contribution in [0.3, 0.4) is 0 Å². The van der Waals surface area contributed by atoms with Crippen molar-refractivity contribution in [3.05, 3.63) is 35.5 Å². The summed E-state index contributed by atoms with van der Waals surface area (Å²) in [6, 6.07) is 7.85. The van der Waals surface area contributed by atoms with E-state index >= 15 is 0 Å². The van der Waals surface area contributed by atoms with Gasteiger partial charge in [0, 0.05) is 22.2 Å². The van der Waals surface area contributed by atoms with Gasteiger partial charge in [0.1, 0.15) is 0 Å². The van der Waals surface area contributed by atoms with E-state index in [0.717, 1.165) is 22.2 Å². The highest BCUT2D eigenvalue weighted by Gasteiger charge is 2.21. The Bertz CT molecular complexity index is 628. The van der Waals surface area contributed by atoms with Gasteiger partial charge in [-0.15, -0.1) is 0 Å². The van der Waals surface area contributed by atoms with Crippen LogP contribution in [0, 0.1) is 0 Å². The first-order valence-corrected chi connectivity index (χ1v) is 5.37. The molecule has 3 N–H and O–H groups in total. The number of carboxylic acid groups (broad SMARTS) is 1. The Balaban J connectivity index is 2.20. The van der Waals surface area contributed by atoms with Gasteiger partial charge in [-0.3, -0.25) is 4.79 Å². The largest absolute Gasteiger partial charge is 0.481 e. The molecule has 0 aliphatic carbocycles. The monoisotopic (exact) mass is 229 g/mol. The zero-order chi connectivity index (χ0) is 11.8. The van der Waals surface area contributed by atoms with Gasteiger partial charge in [-0.1, -0.05) is 18.2 Å². The summed E-state index contributed by atoms with van der Waals surface area (Å²) < 4.78 is 0. The normalized spacial score (nSPS) is 14.0. The number of carbonyl (C=O) groups is 1. The van der Waals surface area contributed by atoms with Crippen LogP contribution in [0.1, 0.15) is 17.7 Å². The third-order valence-corrected chi connectivity index (χ3v) is 2.86. The number of hydrazone groups is 1. The van der Waals surface area contributed by atoms with E-state index in [1.54, 1.807) is 0 Å². The zero-order valence-corrected chi connectivity index (χ0v) is 9.03. The molecule has 5 heteroatoms. The lowest BCUT2D eigenvalue weighted by atomic mass is 10.0. The SMILES string of the molecule is O=C(O)CC1=NNCc2[nH]c3ccccc3c21. The second-order valence-corrected chi connectivity index (χ2v) is 3.99. The maximum atomic E-state index is 10.8. The molecule has 0 spiro atoms. The number of nitrogens with zero attached hydrogens (tertiary/aromatic N) is 1. The van der Waals surface area contributed by atoms with E-state index in [1.165, 1.54) is 0 Å². The van der Waals surface area contributed by atoms with Gasteiger partial charge < -0.3 is 15.5 Å². The average Bonchev–Trinajstić information content (AvgIpc) is 2.67. The van der Waals surface area contributed by atoms with Crippen molar-refractivity contribution in [2.45, 2.75) is 13.0 Å². The van der Waals surface area contributed by atoms with Crippen LogP contribution < -0.4 is 5.43 Å². The van der Waals surface area contributed by atoms with Crippen molar-refractivity contribution in [3.8, 4) is 0 Å². The molecule has 1 aliphatic rings. The first-order chi connectivity index (χ1) is 8.25. The Hall–Kier alpha value is -2.30. The molecule has 0 unspecified atom stereocenters. The molecule has 2 aromatic rings. The second-order valence-electron chi connectivity index (χ2n) is 3.99. The van der Waals surface area contributed by atoms with Gasteiger partial charge in [0.2, 0.25) is 0 Å². The predicted molar refractivity (Wildman–Crippen MR) is 63.9 cm³/mol. The van der Waals surface area contributed by atoms with Crippen LogP contribution in [0.2, 0.25) is 0 Å². The summed E-state index contributed by atoms with van der Waals surface area (Å²) >= 11 is 0. The van der Waals surface area contributed by atoms with Crippen molar-refractivity contribution in [1.29, 1.82) is 0 Å². The molecule has 0 atom stereocenters. The molecule has 0 fully saturated rings. The molecule has 1 aromatic carbocycles. The maximum Gasteiger partial charge on any atom is 0.309 e. The fraction of sp³-hybridized carbons (Fsp3) is 0.167. The molecule has 2 heterocycles. The van der Waals surface area contributed by atoms with Gasteiger partial charge in [0.05, 0.1) is 18.7 Å². The highest BCUT2D eigenvalue weighted by Crippen LogP contribution is 2.25. The minimum absolute atomic E-state index is 0.0676. The summed E-state index contributed by atoms with van der Waals surface area (Å²) in [4.78, 5) is 14.1. The molecule has 0 saturated heterocycles. The van der Waals surface area contributed by atoms with E-state index in [0.29, 0.717) is 12.3 Å². The number of benzene rings is 1. The Kier molecular flexibility index (Phi) is 2.11. The molecule has 0 bridgehead atoms. The molecule has 1 aliphatic heterocycles. The predicted octanol–water partition coefficient (Wildman–Crippen LogP) is 1.45. The number of rotatable bonds is 2. The molecule has 17 heavy (non-hydrogen) atoms. The van der Waals surface area contributed by atoms with Crippen LogP contribution in [0.4, 0.5) is 0 Å². The van der Waals surface area contributed by atoms with Gasteiger partial charge in [-0.25, -0.2) is 0 Å². The lowest BCUT2D eigenvalue weighted by Gasteiger charge is -2.13. The minimum atomic E-state index is -0.872. The van der Waals surface area contributed by atoms with Gasteiger partial charge in [0.25, 0.3) is 0 Å². The van der Waals surface area contributed by atoms with E-state index in [9.17, 15) is 4.79 Å². The minimum Gasteiger partial charge on any atom is -0.481 e. The lowest BCUT2D eigenvalue weighted by Crippen LogP contribution is -2.21. The number of aliphatic carboxylic acids is 1. The standard InChI is InChI=1S/C12H11N3O2/c16-11(17)5-9-12-7-3-1-2-4-8(7)14-10(12)6-13-15-9/h1-4,13-14H,5-6H2,(H,16,17). The number of fused-ring (bicyclic) bond motifs is 3. The summed E-state index contributed by atoms with van der Waals surface area (Å²) in [6.45, 7) is 0.604. The third kappa shape index (κ3) is 1.56. The molecule has 1 aromatic heterocycles. The van der Waals surface area contributed by atoms with E-state index in [4.69, 9.17) is 5.11 Å². The van der Waals surface area contributed by atoms with Crippen molar-refractivity contribution < 1.29 is 9.90 Å². The molecule has 3 rings (SSSR count). The average molecular weight is 229 g/mol. The van der Waals surface area contributed by atoms with Crippen molar-refractivity contribution in [2.24, 2.45) is 5.10 Å². The van der Waals surface area contributed by atoms with E-state index in [2.05, 4.69) is 15.5 Å². The fourth-order valence-electron chi connectivity index (χ4n) is 2.20. The highest BCUT2D eigenvalue weighted by molar-refractivity contribution is 6.17. The van der Waals surface area contributed by atoms with E-state index in [-0.39, 0.29) is 6.42 Å². The number of aromatic amines is 1. The molecule has 0 radical (unpaired) electrons. The number of para-hydroxylation sites is 1. The van der Waals surface area contributed by atoms with Crippen LogP contribution in [-0.4, -0.2) is 21.8 Å². The van der Waals surface area contributed by atoms with Crippen molar-refractivity contribution >= 4 is 22.6 Å². The fourth-order valence-corrected chi connectivity index (χ4v) is 2.20. The Labute approximate surface area is 97.1 Å².